The maximum atomic E-state index is 13.2. The minimum Gasteiger partial charge on any atom is -0.393 e. The fourth-order valence-corrected chi connectivity index (χ4v) is 2.69. The van der Waals surface area contributed by atoms with Gasteiger partial charge in [-0.15, -0.1) is 0 Å². The molecule has 0 aliphatic rings. The Morgan fingerprint density at radius 2 is 1.67 bits per heavy atom. The smallest absolute Gasteiger partial charge is 0.393 e. The number of aromatic nitrogens is 2. The molecule has 0 saturated carbocycles. The Morgan fingerprint density at radius 3 is 2.37 bits per heavy atom. The molecule has 0 unspecified atom stereocenters. The van der Waals surface area contributed by atoms with E-state index < -0.39 is 11.7 Å². The molecule has 1 aromatic heterocycles. The standard InChI is InChI=1S/C19H18F3N5/c1-27(11-13-7-3-2-4-8-13)18-16(23)17(24-12-25-18)26-15-10-6-5-9-14(15)19(20,21)22/h2-10,12H,11,23H2,1H3,(H,24,25,26). The first kappa shape index (κ1) is 18.5. The highest BCUT2D eigenvalue weighted by molar-refractivity contribution is 5.79. The van der Waals surface area contributed by atoms with Gasteiger partial charge < -0.3 is 16.0 Å². The van der Waals surface area contributed by atoms with Gasteiger partial charge >= 0.3 is 6.18 Å². The van der Waals surface area contributed by atoms with Crippen molar-refractivity contribution in [1.29, 1.82) is 0 Å². The minimum atomic E-state index is -4.49. The Bertz CT molecular complexity index is 913. The Morgan fingerprint density at radius 1 is 1.00 bits per heavy atom. The zero-order valence-corrected chi connectivity index (χ0v) is 14.5. The summed E-state index contributed by atoms with van der Waals surface area (Å²) in [5.41, 5.74) is 6.45. The molecular formula is C19H18F3N5. The van der Waals surface area contributed by atoms with Gasteiger partial charge in [0.05, 0.1) is 11.3 Å². The molecule has 0 aliphatic carbocycles. The molecule has 3 N–H and O–H groups in total. The molecule has 0 aliphatic heterocycles. The Balaban J connectivity index is 1.88. The summed E-state index contributed by atoms with van der Waals surface area (Å²) in [4.78, 5) is 9.99. The van der Waals surface area contributed by atoms with Gasteiger partial charge in [-0.05, 0) is 17.7 Å². The normalized spacial score (nSPS) is 11.3. The molecule has 3 rings (SSSR count). The number of halogens is 3. The molecule has 0 amide bonds. The summed E-state index contributed by atoms with van der Waals surface area (Å²) in [6, 6.07) is 14.9. The van der Waals surface area contributed by atoms with Gasteiger partial charge in [0, 0.05) is 13.6 Å². The quantitative estimate of drug-likeness (QED) is 0.691. The van der Waals surface area contributed by atoms with Crippen molar-refractivity contribution in [1.82, 2.24) is 9.97 Å². The van der Waals surface area contributed by atoms with Gasteiger partial charge in [0.15, 0.2) is 11.6 Å². The van der Waals surface area contributed by atoms with Gasteiger partial charge in [-0.2, -0.15) is 13.2 Å². The lowest BCUT2D eigenvalue weighted by Crippen LogP contribution is -2.20. The van der Waals surface area contributed by atoms with Crippen LogP contribution >= 0.6 is 0 Å². The van der Waals surface area contributed by atoms with Crippen LogP contribution in [0.5, 0.6) is 0 Å². The van der Waals surface area contributed by atoms with Crippen LogP contribution < -0.4 is 16.0 Å². The van der Waals surface area contributed by atoms with Gasteiger partial charge in [-0.3, -0.25) is 0 Å². The first-order chi connectivity index (χ1) is 12.9. The number of para-hydroxylation sites is 1. The third-order valence-corrected chi connectivity index (χ3v) is 3.97. The van der Waals surface area contributed by atoms with Crippen LogP contribution in [0.4, 0.5) is 36.2 Å². The van der Waals surface area contributed by atoms with E-state index in [1.807, 2.05) is 35.2 Å². The fourth-order valence-electron chi connectivity index (χ4n) is 2.69. The van der Waals surface area contributed by atoms with Crippen molar-refractivity contribution >= 4 is 23.0 Å². The molecule has 0 fully saturated rings. The van der Waals surface area contributed by atoms with Crippen molar-refractivity contribution in [2.75, 3.05) is 23.0 Å². The van der Waals surface area contributed by atoms with Gasteiger partial charge in [0.1, 0.15) is 12.0 Å². The lowest BCUT2D eigenvalue weighted by atomic mass is 10.1. The van der Waals surface area contributed by atoms with E-state index in [2.05, 4.69) is 15.3 Å². The van der Waals surface area contributed by atoms with E-state index in [0.29, 0.717) is 12.4 Å². The summed E-state index contributed by atoms with van der Waals surface area (Å²) < 4.78 is 39.6. The molecule has 0 spiro atoms. The number of nitrogens with two attached hydrogens (primary N) is 1. The minimum absolute atomic E-state index is 0.118. The van der Waals surface area contributed by atoms with Crippen molar-refractivity contribution in [3.05, 3.63) is 72.1 Å². The lowest BCUT2D eigenvalue weighted by molar-refractivity contribution is -0.136. The molecule has 27 heavy (non-hydrogen) atoms. The number of benzene rings is 2. The molecule has 3 aromatic rings. The number of rotatable bonds is 5. The molecular weight excluding hydrogens is 355 g/mol. The first-order valence-corrected chi connectivity index (χ1v) is 8.15. The van der Waals surface area contributed by atoms with E-state index in [0.717, 1.165) is 11.6 Å². The van der Waals surface area contributed by atoms with Crippen LogP contribution in [-0.4, -0.2) is 17.0 Å². The number of alkyl halides is 3. The fraction of sp³-hybridized carbons (Fsp3) is 0.158. The average Bonchev–Trinajstić information content (AvgIpc) is 2.64. The number of nitrogen functional groups attached to an aromatic ring is 1. The van der Waals surface area contributed by atoms with Gasteiger partial charge in [-0.1, -0.05) is 42.5 Å². The van der Waals surface area contributed by atoms with Crippen LogP contribution in [0.15, 0.2) is 60.9 Å². The molecule has 0 radical (unpaired) electrons. The maximum Gasteiger partial charge on any atom is 0.418 e. The average molecular weight is 373 g/mol. The van der Waals surface area contributed by atoms with E-state index in [1.165, 1.54) is 24.5 Å². The number of hydrogen-bond donors (Lipinski definition) is 2. The largest absolute Gasteiger partial charge is 0.418 e. The summed E-state index contributed by atoms with van der Waals surface area (Å²) in [7, 11) is 1.80. The van der Waals surface area contributed by atoms with Crippen molar-refractivity contribution in [3.63, 3.8) is 0 Å². The molecule has 140 valence electrons. The monoisotopic (exact) mass is 373 g/mol. The third-order valence-electron chi connectivity index (χ3n) is 3.97. The van der Waals surface area contributed by atoms with Crippen LogP contribution in [0.25, 0.3) is 0 Å². The molecule has 8 heteroatoms. The van der Waals surface area contributed by atoms with Crippen LogP contribution in [0.2, 0.25) is 0 Å². The molecule has 1 heterocycles. The second-order valence-corrected chi connectivity index (χ2v) is 5.97. The Hall–Kier alpha value is -3.29. The Kier molecular flexibility index (Phi) is 5.16. The summed E-state index contributed by atoms with van der Waals surface area (Å²) in [5.74, 6) is 0.553. The Labute approximate surface area is 154 Å². The highest BCUT2D eigenvalue weighted by Gasteiger charge is 2.33. The molecule has 0 atom stereocenters. The number of hydrogen-bond acceptors (Lipinski definition) is 5. The number of nitrogens with one attached hydrogen (secondary N) is 1. The van der Waals surface area contributed by atoms with Gasteiger partial charge in [0.2, 0.25) is 0 Å². The lowest BCUT2D eigenvalue weighted by Gasteiger charge is -2.21. The van der Waals surface area contributed by atoms with Gasteiger partial charge in [0.25, 0.3) is 0 Å². The van der Waals surface area contributed by atoms with Gasteiger partial charge in [-0.25, -0.2) is 9.97 Å². The highest BCUT2D eigenvalue weighted by atomic mass is 19.4. The zero-order valence-electron chi connectivity index (χ0n) is 14.5. The topological polar surface area (TPSA) is 67.1 Å². The molecule has 0 saturated heterocycles. The number of anilines is 4. The second kappa shape index (κ2) is 7.53. The molecule has 5 nitrogen and oxygen atoms in total. The van der Waals surface area contributed by atoms with Crippen LogP contribution in [0.1, 0.15) is 11.1 Å². The van der Waals surface area contributed by atoms with E-state index >= 15 is 0 Å². The van der Waals surface area contributed by atoms with E-state index in [1.54, 1.807) is 7.05 Å². The summed E-state index contributed by atoms with van der Waals surface area (Å²) in [5, 5.41) is 2.68. The summed E-state index contributed by atoms with van der Waals surface area (Å²) in [6.07, 6.45) is -3.22. The van der Waals surface area contributed by atoms with Crippen molar-refractivity contribution < 1.29 is 13.2 Å². The first-order valence-electron chi connectivity index (χ1n) is 8.15. The van der Waals surface area contributed by atoms with Crippen LogP contribution in [-0.2, 0) is 12.7 Å². The zero-order chi connectivity index (χ0) is 19.4. The predicted molar refractivity (Wildman–Crippen MR) is 99.7 cm³/mol. The summed E-state index contributed by atoms with van der Waals surface area (Å²) >= 11 is 0. The van der Waals surface area contributed by atoms with E-state index in [4.69, 9.17) is 5.73 Å². The SMILES string of the molecule is CN(Cc1ccccc1)c1ncnc(Nc2ccccc2C(F)(F)F)c1N. The molecule has 2 aromatic carbocycles. The summed E-state index contributed by atoms with van der Waals surface area (Å²) in [6.45, 7) is 0.542. The maximum absolute atomic E-state index is 13.2. The van der Waals surface area contributed by atoms with E-state index in [-0.39, 0.29) is 17.2 Å². The molecule has 0 bridgehead atoms. The van der Waals surface area contributed by atoms with Crippen molar-refractivity contribution in [3.8, 4) is 0 Å². The van der Waals surface area contributed by atoms with Crippen LogP contribution in [0, 0.1) is 0 Å². The second-order valence-electron chi connectivity index (χ2n) is 5.97. The van der Waals surface area contributed by atoms with Crippen molar-refractivity contribution in [2.24, 2.45) is 0 Å². The van der Waals surface area contributed by atoms with Crippen molar-refractivity contribution in [2.45, 2.75) is 12.7 Å². The van der Waals surface area contributed by atoms with E-state index in [9.17, 15) is 13.2 Å². The highest BCUT2D eigenvalue weighted by Crippen LogP contribution is 2.37. The third kappa shape index (κ3) is 4.28. The van der Waals surface area contributed by atoms with Crippen LogP contribution in [0.3, 0.4) is 0 Å². The number of nitrogens with zero attached hydrogens (tertiary/aromatic N) is 3. The predicted octanol–water partition coefficient (Wildman–Crippen LogP) is 4.46.